The van der Waals surface area contributed by atoms with Crippen molar-refractivity contribution >= 4 is 11.9 Å². The summed E-state index contributed by atoms with van der Waals surface area (Å²) < 4.78 is 4.86. The Morgan fingerprint density at radius 1 is 0.556 bits per heavy atom. The van der Waals surface area contributed by atoms with Gasteiger partial charge in [-0.05, 0) is 51.4 Å². The van der Waals surface area contributed by atoms with Crippen LogP contribution in [0, 0.1) is 0 Å². The minimum Gasteiger partial charge on any atom is -0.481 e. The first-order valence-electron chi connectivity index (χ1n) is 15.2. The second-order valence-corrected chi connectivity index (χ2v) is 9.88. The van der Waals surface area contributed by atoms with E-state index < -0.39 is 5.97 Å². The van der Waals surface area contributed by atoms with Gasteiger partial charge in [0.2, 0.25) is 0 Å². The number of rotatable bonds is 25. The molecule has 212 valence electrons. The zero-order valence-corrected chi connectivity index (χ0v) is 24.2. The fraction of sp³-hybridized carbons (Fsp3) is 0.812. The van der Waals surface area contributed by atoms with E-state index >= 15 is 0 Å². The molecule has 0 aromatic heterocycles. The number of ether oxygens (including phenoxy) is 1. The van der Waals surface area contributed by atoms with Crippen LogP contribution in [0.3, 0.4) is 0 Å². The van der Waals surface area contributed by atoms with E-state index in [1.807, 2.05) is 0 Å². The van der Waals surface area contributed by atoms with Gasteiger partial charge in [0.15, 0.2) is 0 Å². The van der Waals surface area contributed by atoms with Crippen LogP contribution in [-0.4, -0.2) is 23.7 Å². The molecule has 0 atom stereocenters. The third kappa shape index (κ3) is 39.6. The van der Waals surface area contributed by atoms with Gasteiger partial charge in [0.1, 0.15) is 0 Å². The van der Waals surface area contributed by atoms with Crippen molar-refractivity contribution < 1.29 is 19.4 Å². The lowest BCUT2D eigenvalue weighted by Gasteiger charge is -2.01. The van der Waals surface area contributed by atoms with Gasteiger partial charge in [-0.1, -0.05) is 122 Å². The Kier molecular flexibility index (Phi) is 34.0. The molecule has 0 aliphatic heterocycles. The molecule has 0 aliphatic rings. The van der Waals surface area contributed by atoms with Gasteiger partial charge >= 0.3 is 11.9 Å². The number of carbonyl (C=O) groups excluding carboxylic acids is 1. The van der Waals surface area contributed by atoms with Gasteiger partial charge in [0.05, 0.1) is 6.61 Å². The molecule has 0 aromatic carbocycles. The molecule has 0 spiro atoms. The number of unbranched alkanes of at least 4 members (excludes halogenated alkanes) is 17. The summed E-state index contributed by atoms with van der Waals surface area (Å²) in [6.45, 7) is 6.49. The summed E-state index contributed by atoms with van der Waals surface area (Å²) in [7, 11) is 0. The van der Waals surface area contributed by atoms with Crippen molar-refractivity contribution in [2.45, 2.75) is 162 Å². The molecule has 0 aliphatic carbocycles. The maximum atomic E-state index is 10.5. The van der Waals surface area contributed by atoms with Crippen LogP contribution < -0.4 is 0 Å². The Balaban J connectivity index is 0. The molecule has 0 radical (unpaired) electrons. The molecule has 0 saturated carbocycles. The molecule has 0 fully saturated rings. The average Bonchev–Trinajstić information content (AvgIpc) is 2.85. The minimum atomic E-state index is -0.659. The van der Waals surface area contributed by atoms with Crippen molar-refractivity contribution in [1.29, 1.82) is 0 Å². The Morgan fingerprint density at radius 2 is 0.972 bits per heavy atom. The smallest absolute Gasteiger partial charge is 0.303 e. The number of carboxylic acid groups (broad SMARTS) is 1. The topological polar surface area (TPSA) is 63.6 Å². The van der Waals surface area contributed by atoms with Crippen molar-refractivity contribution in [3.63, 3.8) is 0 Å². The molecule has 0 amide bonds. The number of carbonyl (C=O) groups is 2. The molecule has 0 aromatic rings. The maximum Gasteiger partial charge on any atom is 0.303 e. The highest BCUT2D eigenvalue weighted by molar-refractivity contribution is 5.66. The first-order chi connectivity index (χ1) is 17.5. The first kappa shape index (κ1) is 36.6. The van der Waals surface area contributed by atoms with Crippen LogP contribution in [0.4, 0.5) is 0 Å². The van der Waals surface area contributed by atoms with E-state index in [1.54, 1.807) is 0 Å². The number of esters is 1. The lowest BCUT2D eigenvalue weighted by molar-refractivity contribution is -0.141. The fourth-order valence-corrected chi connectivity index (χ4v) is 3.85. The molecule has 1 N–H and O–H groups in total. The number of allylic oxidation sites excluding steroid dienone is 4. The van der Waals surface area contributed by atoms with Gasteiger partial charge < -0.3 is 9.84 Å². The van der Waals surface area contributed by atoms with E-state index in [2.05, 4.69) is 38.2 Å². The first-order valence-corrected chi connectivity index (χ1v) is 15.2. The van der Waals surface area contributed by atoms with Crippen molar-refractivity contribution in [3.8, 4) is 0 Å². The summed E-state index contributed by atoms with van der Waals surface area (Å²) in [6.07, 6.45) is 35.5. The molecule has 0 rings (SSSR count). The molecule has 0 saturated heterocycles. The Bertz CT molecular complexity index is 510. The highest BCUT2D eigenvalue weighted by atomic mass is 16.5. The summed E-state index contributed by atoms with van der Waals surface area (Å²) in [5.41, 5.74) is 0. The lowest BCUT2D eigenvalue weighted by atomic mass is 10.1. The van der Waals surface area contributed by atoms with Crippen LogP contribution in [-0.2, 0) is 14.3 Å². The van der Waals surface area contributed by atoms with Crippen LogP contribution in [0.25, 0.3) is 0 Å². The van der Waals surface area contributed by atoms with E-state index in [4.69, 9.17) is 9.84 Å². The predicted molar refractivity (Wildman–Crippen MR) is 155 cm³/mol. The van der Waals surface area contributed by atoms with Crippen LogP contribution in [0.5, 0.6) is 0 Å². The zero-order valence-electron chi connectivity index (χ0n) is 24.2. The molecular weight excluding hydrogens is 448 g/mol. The largest absolute Gasteiger partial charge is 0.481 e. The van der Waals surface area contributed by atoms with Gasteiger partial charge in [-0.3, -0.25) is 9.59 Å². The second-order valence-electron chi connectivity index (χ2n) is 9.88. The Labute approximate surface area is 224 Å². The van der Waals surface area contributed by atoms with E-state index in [-0.39, 0.29) is 5.97 Å². The van der Waals surface area contributed by atoms with Gasteiger partial charge in [-0.15, -0.1) is 0 Å². The summed E-state index contributed by atoms with van der Waals surface area (Å²) in [6, 6.07) is 0. The number of hydrogen-bond acceptors (Lipinski definition) is 3. The SMILES string of the molecule is CCC/C=C/CCCCCCCOC(C)=O.CCCCC=CCCCCCCCCCCCC(=O)O. The van der Waals surface area contributed by atoms with Gasteiger partial charge in [-0.2, -0.15) is 0 Å². The van der Waals surface area contributed by atoms with E-state index in [9.17, 15) is 9.59 Å². The molecular formula is C32H60O4. The molecule has 36 heavy (non-hydrogen) atoms. The number of hydrogen-bond donors (Lipinski definition) is 1. The van der Waals surface area contributed by atoms with Crippen molar-refractivity contribution in [2.75, 3.05) is 6.61 Å². The normalized spacial score (nSPS) is 11.1. The standard InChI is InChI=1S/C18H34O2.C14H26O2/c1-2-3-4-5-6-7-8-9-10-11-12-13-14-15-16-17-18(19)20;1-3-4-5-6-7-8-9-10-11-12-13-16-14(2)15/h5-6H,2-4,7-17H2,1H3,(H,19,20);5-6H,3-4,7-13H2,1-2H3/b;6-5+. The van der Waals surface area contributed by atoms with Crippen LogP contribution in [0.2, 0.25) is 0 Å². The average molecular weight is 509 g/mol. The minimum absolute atomic E-state index is 0.166. The summed E-state index contributed by atoms with van der Waals surface area (Å²) in [4.78, 5) is 20.8. The monoisotopic (exact) mass is 508 g/mol. The molecule has 0 unspecified atom stereocenters. The van der Waals surface area contributed by atoms with Crippen LogP contribution in [0.1, 0.15) is 162 Å². The van der Waals surface area contributed by atoms with Gasteiger partial charge in [0.25, 0.3) is 0 Å². The number of carboxylic acids is 1. The summed E-state index contributed by atoms with van der Waals surface area (Å²) in [5, 5.41) is 8.51. The Hall–Kier alpha value is -1.58. The van der Waals surface area contributed by atoms with Crippen molar-refractivity contribution in [3.05, 3.63) is 24.3 Å². The summed E-state index contributed by atoms with van der Waals surface area (Å²) in [5.74, 6) is -0.824. The quantitative estimate of drug-likeness (QED) is 0.0756. The second kappa shape index (κ2) is 33.4. The van der Waals surface area contributed by atoms with Crippen LogP contribution >= 0.6 is 0 Å². The van der Waals surface area contributed by atoms with Gasteiger partial charge in [-0.25, -0.2) is 0 Å². The van der Waals surface area contributed by atoms with E-state index in [1.165, 1.54) is 122 Å². The van der Waals surface area contributed by atoms with Crippen LogP contribution in [0.15, 0.2) is 24.3 Å². The molecule has 4 heteroatoms. The predicted octanol–water partition coefficient (Wildman–Crippen LogP) is 10.4. The van der Waals surface area contributed by atoms with E-state index in [0.717, 1.165) is 19.3 Å². The van der Waals surface area contributed by atoms with Crippen molar-refractivity contribution in [2.24, 2.45) is 0 Å². The zero-order chi connectivity index (χ0) is 27.0. The third-order valence-corrected chi connectivity index (χ3v) is 6.09. The maximum absolute atomic E-state index is 10.5. The lowest BCUT2D eigenvalue weighted by Crippen LogP contribution is -1.99. The molecule has 0 bridgehead atoms. The fourth-order valence-electron chi connectivity index (χ4n) is 3.85. The number of aliphatic carboxylic acids is 1. The highest BCUT2D eigenvalue weighted by Crippen LogP contribution is 2.12. The summed E-state index contributed by atoms with van der Waals surface area (Å²) >= 11 is 0. The van der Waals surface area contributed by atoms with E-state index in [0.29, 0.717) is 13.0 Å². The van der Waals surface area contributed by atoms with Gasteiger partial charge in [0, 0.05) is 13.3 Å². The molecule has 4 nitrogen and oxygen atoms in total. The van der Waals surface area contributed by atoms with Crippen molar-refractivity contribution in [1.82, 2.24) is 0 Å². The Morgan fingerprint density at radius 3 is 1.42 bits per heavy atom. The molecule has 0 heterocycles. The third-order valence-electron chi connectivity index (χ3n) is 6.09. The highest BCUT2D eigenvalue weighted by Gasteiger charge is 1.97.